The van der Waals surface area contributed by atoms with Crippen LogP contribution in [-0.2, 0) is 6.42 Å². The molecule has 3 N–H and O–H groups in total. The van der Waals surface area contributed by atoms with Gasteiger partial charge in [-0.05, 0) is 12.0 Å². The molecule has 22 heavy (non-hydrogen) atoms. The van der Waals surface area contributed by atoms with Crippen molar-refractivity contribution in [1.29, 1.82) is 0 Å². The van der Waals surface area contributed by atoms with Crippen LogP contribution in [0, 0.1) is 0 Å². The highest BCUT2D eigenvalue weighted by Crippen LogP contribution is 2.29. The monoisotopic (exact) mass is 298 g/mol. The minimum Gasteiger partial charge on any atom is -0.402 e. The van der Waals surface area contributed by atoms with Gasteiger partial charge < -0.3 is 15.1 Å². The maximum atomic E-state index is 12.5. The summed E-state index contributed by atoms with van der Waals surface area (Å²) in [7, 11) is -2.17. The maximum Gasteiger partial charge on any atom is 0.631 e. The zero-order chi connectivity index (χ0) is 16.3. The minimum atomic E-state index is -2.17. The van der Waals surface area contributed by atoms with Gasteiger partial charge in [-0.25, -0.2) is 0 Å². The van der Waals surface area contributed by atoms with Gasteiger partial charge in [-0.3, -0.25) is 9.59 Å². The lowest BCUT2D eigenvalue weighted by Gasteiger charge is -2.19. The van der Waals surface area contributed by atoms with Crippen molar-refractivity contribution in [1.82, 2.24) is 0 Å². The Morgan fingerprint density at radius 1 is 0.818 bits per heavy atom. The molecule has 0 fully saturated rings. The third-order valence-electron chi connectivity index (χ3n) is 3.42. The predicted molar refractivity (Wildman–Crippen MR) is 81.5 cm³/mol. The van der Waals surface area contributed by atoms with Crippen LogP contribution >= 0.6 is 0 Å². The summed E-state index contributed by atoms with van der Waals surface area (Å²) in [6.07, 6.45) is 0.754. The normalized spacial score (nSPS) is 12.0. The number of ketones is 2. The fraction of sp³-hybridized carbons (Fsp3) is 0.125. The largest absolute Gasteiger partial charge is 0.631 e. The van der Waals surface area contributed by atoms with Crippen LogP contribution in [0.15, 0.2) is 42.5 Å². The Labute approximate surface area is 128 Å². The third-order valence-corrected chi connectivity index (χ3v) is 3.42. The molecule has 2 aromatic carbocycles. The lowest BCUT2D eigenvalue weighted by molar-refractivity contribution is 0.0978. The molecule has 3 rings (SSSR count). The molecule has 0 atom stereocenters. The van der Waals surface area contributed by atoms with Gasteiger partial charge in [0.15, 0.2) is 11.6 Å². The van der Waals surface area contributed by atoms with Gasteiger partial charge in [0.25, 0.3) is 0 Å². The predicted octanol–water partition coefficient (Wildman–Crippen LogP) is 0.973. The molecule has 0 unspecified atom stereocenters. The summed E-state index contributed by atoms with van der Waals surface area (Å²) >= 11 is 0. The van der Waals surface area contributed by atoms with E-state index in [1.165, 1.54) is 0 Å². The second-order valence-corrected chi connectivity index (χ2v) is 4.74. The molecule has 0 bridgehead atoms. The molecule has 1 aliphatic carbocycles. The number of carbonyl (C=O) groups is 2. The summed E-state index contributed by atoms with van der Waals surface area (Å²) in [5, 5.41) is 21.5. The SMILES string of the molecule is CCc1cccc2c1C(=O)c1ccccc1C2=O.OB(O)O. The molecule has 0 spiro atoms. The van der Waals surface area contributed by atoms with Gasteiger partial charge in [-0.1, -0.05) is 49.4 Å². The van der Waals surface area contributed by atoms with Crippen LogP contribution in [0.4, 0.5) is 0 Å². The average Bonchev–Trinajstić information content (AvgIpc) is 2.51. The summed E-state index contributed by atoms with van der Waals surface area (Å²) < 4.78 is 0. The minimum absolute atomic E-state index is 0.0300. The Bertz CT molecular complexity index is 721. The van der Waals surface area contributed by atoms with E-state index in [0.29, 0.717) is 22.3 Å². The fourth-order valence-electron chi connectivity index (χ4n) is 2.51. The van der Waals surface area contributed by atoms with Crippen LogP contribution in [0.2, 0.25) is 0 Å². The first-order chi connectivity index (χ1) is 10.5. The molecule has 0 aliphatic heterocycles. The molecule has 0 aromatic heterocycles. The molecule has 0 saturated heterocycles. The van der Waals surface area contributed by atoms with Gasteiger partial charge in [0.1, 0.15) is 0 Å². The number of aryl methyl sites for hydroxylation is 1. The van der Waals surface area contributed by atoms with Crippen molar-refractivity contribution in [2.24, 2.45) is 0 Å². The van der Waals surface area contributed by atoms with E-state index in [-0.39, 0.29) is 11.6 Å². The number of hydrogen-bond acceptors (Lipinski definition) is 5. The van der Waals surface area contributed by atoms with Gasteiger partial charge in [0.2, 0.25) is 0 Å². The van der Waals surface area contributed by atoms with E-state index in [4.69, 9.17) is 15.1 Å². The van der Waals surface area contributed by atoms with Gasteiger partial charge in [-0.2, -0.15) is 0 Å². The van der Waals surface area contributed by atoms with Crippen molar-refractivity contribution in [3.8, 4) is 0 Å². The molecule has 5 nitrogen and oxygen atoms in total. The molecule has 0 heterocycles. The summed E-state index contributed by atoms with van der Waals surface area (Å²) in [5.41, 5.74) is 3.11. The maximum absolute atomic E-state index is 12.5. The van der Waals surface area contributed by atoms with Crippen LogP contribution < -0.4 is 0 Å². The van der Waals surface area contributed by atoms with Crippen LogP contribution in [-0.4, -0.2) is 34.0 Å². The third kappa shape index (κ3) is 2.99. The van der Waals surface area contributed by atoms with Crippen LogP contribution in [0.1, 0.15) is 44.3 Å². The van der Waals surface area contributed by atoms with Crippen molar-refractivity contribution in [2.75, 3.05) is 0 Å². The van der Waals surface area contributed by atoms with Crippen molar-refractivity contribution < 1.29 is 24.7 Å². The first kappa shape index (κ1) is 16.1. The Morgan fingerprint density at radius 2 is 1.32 bits per heavy atom. The van der Waals surface area contributed by atoms with E-state index in [2.05, 4.69) is 0 Å². The van der Waals surface area contributed by atoms with Crippen molar-refractivity contribution in [2.45, 2.75) is 13.3 Å². The number of rotatable bonds is 1. The lowest BCUT2D eigenvalue weighted by atomic mass is 9.81. The molecular formula is C16H15BO5. The molecule has 0 radical (unpaired) electrons. The van der Waals surface area contributed by atoms with E-state index in [1.807, 2.05) is 19.1 Å². The zero-order valence-corrected chi connectivity index (χ0v) is 12.0. The Morgan fingerprint density at radius 3 is 1.86 bits per heavy atom. The second kappa shape index (κ2) is 6.66. The second-order valence-electron chi connectivity index (χ2n) is 4.74. The van der Waals surface area contributed by atoms with Crippen LogP contribution in [0.25, 0.3) is 0 Å². The van der Waals surface area contributed by atoms with E-state index >= 15 is 0 Å². The van der Waals surface area contributed by atoms with E-state index in [0.717, 1.165) is 12.0 Å². The van der Waals surface area contributed by atoms with Gasteiger partial charge in [0.05, 0.1) is 0 Å². The number of hydrogen-bond donors (Lipinski definition) is 3. The number of fused-ring (bicyclic) bond motifs is 2. The fourth-order valence-corrected chi connectivity index (χ4v) is 2.51. The molecule has 2 aromatic rings. The Kier molecular flexibility index (Phi) is 4.87. The van der Waals surface area contributed by atoms with Crippen molar-refractivity contribution >= 4 is 18.9 Å². The van der Waals surface area contributed by atoms with Gasteiger partial charge in [0, 0.05) is 22.3 Å². The molecule has 0 saturated carbocycles. The molecular weight excluding hydrogens is 283 g/mol. The molecule has 112 valence electrons. The van der Waals surface area contributed by atoms with Crippen molar-refractivity contribution in [3.63, 3.8) is 0 Å². The standard InChI is InChI=1S/C16H12O2.BH3O3/c1-2-10-6-5-9-13-14(10)16(18)12-8-4-3-7-11(12)15(13)17;2-1(3)4/h3-9H,2H2,1H3;2-4H. The van der Waals surface area contributed by atoms with Crippen LogP contribution in [0.5, 0.6) is 0 Å². The number of carbonyl (C=O) groups excluding carboxylic acids is 2. The Hall–Kier alpha value is -2.28. The summed E-state index contributed by atoms with van der Waals surface area (Å²) in [5.74, 6) is -0.0758. The highest BCUT2D eigenvalue weighted by atomic mass is 16.5. The highest BCUT2D eigenvalue weighted by molar-refractivity contribution is 6.30. The molecule has 1 aliphatic rings. The average molecular weight is 298 g/mol. The van der Waals surface area contributed by atoms with Gasteiger partial charge >= 0.3 is 7.32 Å². The number of benzene rings is 2. The van der Waals surface area contributed by atoms with E-state index < -0.39 is 7.32 Å². The van der Waals surface area contributed by atoms with E-state index in [1.54, 1.807) is 30.3 Å². The van der Waals surface area contributed by atoms with E-state index in [9.17, 15) is 9.59 Å². The topological polar surface area (TPSA) is 94.8 Å². The first-order valence-corrected chi connectivity index (χ1v) is 6.81. The summed E-state index contributed by atoms with van der Waals surface area (Å²) in [6.45, 7) is 1.99. The molecule has 6 heteroatoms. The summed E-state index contributed by atoms with van der Waals surface area (Å²) in [4.78, 5) is 24.9. The smallest absolute Gasteiger partial charge is 0.402 e. The highest BCUT2D eigenvalue weighted by Gasteiger charge is 2.30. The quantitative estimate of drug-likeness (QED) is 0.582. The van der Waals surface area contributed by atoms with Gasteiger partial charge in [-0.15, -0.1) is 0 Å². The Balaban J connectivity index is 0.000000396. The summed E-state index contributed by atoms with van der Waals surface area (Å²) in [6, 6.07) is 12.5. The first-order valence-electron chi connectivity index (χ1n) is 6.81. The van der Waals surface area contributed by atoms with Crippen molar-refractivity contribution in [3.05, 3.63) is 70.3 Å². The van der Waals surface area contributed by atoms with Crippen LogP contribution in [0.3, 0.4) is 0 Å². The zero-order valence-electron chi connectivity index (χ0n) is 12.0. The molecule has 0 amide bonds. The lowest BCUT2D eigenvalue weighted by Crippen LogP contribution is -2.22.